The molecule has 36 heavy (non-hydrogen) atoms. The van der Waals surface area contributed by atoms with Crippen LogP contribution in [0.2, 0.25) is 0 Å². The summed E-state index contributed by atoms with van der Waals surface area (Å²) in [6.45, 7) is 4.05. The summed E-state index contributed by atoms with van der Waals surface area (Å²) in [6, 6.07) is 23.5. The predicted molar refractivity (Wildman–Crippen MR) is 147 cm³/mol. The number of carbonyl (C=O) groups excluding carboxylic acids is 1. The molecule has 2 heterocycles. The number of nitrogens with zero attached hydrogens (tertiary/aromatic N) is 1. The van der Waals surface area contributed by atoms with Crippen LogP contribution in [-0.4, -0.2) is 25.0 Å². The molecular weight excluding hydrogens is 468 g/mol. The molecule has 0 aliphatic carbocycles. The number of carbonyl (C=O) groups is 1. The number of hydrogen-bond donors (Lipinski definition) is 1. The molecule has 0 aliphatic heterocycles. The summed E-state index contributed by atoms with van der Waals surface area (Å²) >= 11 is 1.33. The molecule has 0 aliphatic rings. The minimum atomic E-state index is -0.106. The summed E-state index contributed by atoms with van der Waals surface area (Å²) in [4.78, 5) is 19.6. The van der Waals surface area contributed by atoms with Gasteiger partial charge in [-0.25, -0.2) is 4.98 Å². The fourth-order valence-electron chi connectivity index (χ4n) is 4.23. The third-order valence-corrected chi connectivity index (χ3v) is 7.36. The molecule has 0 radical (unpaired) electrons. The van der Waals surface area contributed by atoms with E-state index in [1.807, 2.05) is 55.5 Å². The molecule has 5 aromatic rings. The van der Waals surface area contributed by atoms with E-state index in [1.165, 1.54) is 16.9 Å². The van der Waals surface area contributed by atoms with E-state index in [1.54, 1.807) is 14.2 Å². The lowest BCUT2D eigenvalue weighted by atomic mass is 9.98. The number of methoxy groups -OCH3 is 2. The summed E-state index contributed by atoms with van der Waals surface area (Å²) < 4.78 is 11.0. The van der Waals surface area contributed by atoms with Crippen LogP contribution in [0.3, 0.4) is 0 Å². The maximum atomic E-state index is 13.4. The molecule has 0 unspecified atom stereocenters. The Kier molecular flexibility index (Phi) is 6.20. The van der Waals surface area contributed by atoms with Crippen LogP contribution in [0.1, 0.15) is 26.4 Å². The maximum absolute atomic E-state index is 13.4. The molecule has 2 N–H and O–H groups in total. The number of anilines is 1. The minimum absolute atomic E-state index is 0.106. The lowest BCUT2D eigenvalue weighted by molar-refractivity contribution is 0.104. The standard InChI is InChI=1S/C30H26N2O3S/c1-17-5-9-19(10-6-17)23-16-22(21-13-14-24(34-3)25(15-21)35-4)26-27(31)29(36-30(26)32-23)28(33)20-11-7-18(2)8-12-20/h5-16H,31H2,1-4H3. The zero-order chi connectivity index (χ0) is 25.4. The molecule has 0 amide bonds. The van der Waals surface area contributed by atoms with Crippen LogP contribution in [0.15, 0.2) is 72.8 Å². The highest BCUT2D eigenvalue weighted by Gasteiger charge is 2.23. The molecule has 6 heteroatoms. The van der Waals surface area contributed by atoms with Gasteiger partial charge in [0.15, 0.2) is 11.5 Å². The third-order valence-electron chi connectivity index (χ3n) is 6.26. The molecule has 5 nitrogen and oxygen atoms in total. The molecule has 0 spiro atoms. The van der Waals surface area contributed by atoms with Gasteiger partial charge in [0.1, 0.15) is 9.71 Å². The van der Waals surface area contributed by atoms with E-state index >= 15 is 0 Å². The monoisotopic (exact) mass is 494 g/mol. The highest BCUT2D eigenvalue weighted by Crippen LogP contribution is 2.43. The van der Waals surface area contributed by atoms with Crippen molar-refractivity contribution in [2.24, 2.45) is 0 Å². The average Bonchev–Trinajstić information content (AvgIpc) is 3.24. The number of nitrogens with two attached hydrogens (primary N) is 1. The van der Waals surface area contributed by atoms with Gasteiger partial charge in [-0.2, -0.15) is 0 Å². The Morgan fingerprint density at radius 1 is 0.806 bits per heavy atom. The molecule has 0 saturated heterocycles. The summed E-state index contributed by atoms with van der Waals surface area (Å²) in [7, 11) is 3.22. The third kappa shape index (κ3) is 4.20. The maximum Gasteiger partial charge on any atom is 0.205 e. The number of fused-ring (bicyclic) bond motifs is 1. The highest BCUT2D eigenvalue weighted by molar-refractivity contribution is 7.21. The Morgan fingerprint density at radius 3 is 2.06 bits per heavy atom. The van der Waals surface area contributed by atoms with Gasteiger partial charge in [0, 0.05) is 16.5 Å². The van der Waals surface area contributed by atoms with Crippen molar-refractivity contribution in [3.05, 3.63) is 94.4 Å². The summed E-state index contributed by atoms with van der Waals surface area (Å²) in [5.41, 5.74) is 13.6. The Balaban J connectivity index is 1.75. The first-order valence-corrected chi connectivity index (χ1v) is 12.3. The van der Waals surface area contributed by atoms with Crippen molar-refractivity contribution in [3.63, 3.8) is 0 Å². The zero-order valence-corrected chi connectivity index (χ0v) is 21.4. The molecule has 2 aromatic heterocycles. The first kappa shape index (κ1) is 23.6. The van der Waals surface area contributed by atoms with E-state index in [0.29, 0.717) is 32.5 Å². The second-order valence-corrected chi connectivity index (χ2v) is 9.71. The number of rotatable bonds is 6. The second kappa shape index (κ2) is 9.47. The van der Waals surface area contributed by atoms with Gasteiger partial charge in [-0.05, 0) is 43.2 Å². The number of hydrogen-bond acceptors (Lipinski definition) is 6. The first-order valence-electron chi connectivity index (χ1n) is 11.5. The van der Waals surface area contributed by atoms with Crippen molar-refractivity contribution in [1.82, 2.24) is 4.98 Å². The normalized spacial score (nSPS) is 11.0. The summed E-state index contributed by atoms with van der Waals surface area (Å²) in [6.07, 6.45) is 0. The fraction of sp³-hybridized carbons (Fsp3) is 0.133. The van der Waals surface area contributed by atoms with Crippen LogP contribution in [-0.2, 0) is 0 Å². The lowest BCUT2D eigenvalue weighted by Gasteiger charge is -2.12. The number of aryl methyl sites for hydroxylation is 2. The molecule has 0 fully saturated rings. The second-order valence-electron chi connectivity index (χ2n) is 8.71. The van der Waals surface area contributed by atoms with Crippen LogP contribution >= 0.6 is 11.3 Å². The zero-order valence-electron chi connectivity index (χ0n) is 20.6. The number of benzene rings is 3. The van der Waals surface area contributed by atoms with Gasteiger partial charge in [-0.15, -0.1) is 11.3 Å². The largest absolute Gasteiger partial charge is 0.493 e. The molecule has 0 bridgehead atoms. The number of aromatic nitrogens is 1. The number of ketones is 1. The first-order chi connectivity index (χ1) is 17.4. The van der Waals surface area contributed by atoms with Gasteiger partial charge in [0.05, 0.1) is 25.6 Å². The quantitative estimate of drug-likeness (QED) is 0.255. The van der Waals surface area contributed by atoms with Crippen molar-refractivity contribution >= 4 is 33.0 Å². The van der Waals surface area contributed by atoms with Crippen LogP contribution in [0.5, 0.6) is 11.5 Å². The van der Waals surface area contributed by atoms with E-state index in [2.05, 4.69) is 31.2 Å². The van der Waals surface area contributed by atoms with Crippen molar-refractivity contribution < 1.29 is 14.3 Å². The molecule has 3 aromatic carbocycles. The highest BCUT2D eigenvalue weighted by atomic mass is 32.1. The van der Waals surface area contributed by atoms with Crippen LogP contribution < -0.4 is 15.2 Å². The van der Waals surface area contributed by atoms with Crippen LogP contribution in [0.4, 0.5) is 5.69 Å². The lowest BCUT2D eigenvalue weighted by Crippen LogP contribution is -2.02. The van der Waals surface area contributed by atoms with Crippen molar-refractivity contribution in [1.29, 1.82) is 0 Å². The van der Waals surface area contributed by atoms with E-state index in [9.17, 15) is 4.79 Å². The number of ether oxygens (including phenoxy) is 2. The predicted octanol–water partition coefficient (Wildman–Crippen LogP) is 7.08. The fourth-order valence-corrected chi connectivity index (χ4v) is 5.31. The number of pyridine rings is 1. The molecular formula is C30H26N2O3S. The van der Waals surface area contributed by atoms with Gasteiger partial charge < -0.3 is 15.2 Å². The summed E-state index contributed by atoms with van der Waals surface area (Å²) in [5.74, 6) is 1.14. The average molecular weight is 495 g/mol. The number of thiophene rings is 1. The van der Waals surface area contributed by atoms with Gasteiger partial charge in [-0.1, -0.05) is 65.7 Å². The van der Waals surface area contributed by atoms with Crippen LogP contribution in [0, 0.1) is 13.8 Å². The minimum Gasteiger partial charge on any atom is -0.493 e. The molecule has 180 valence electrons. The van der Waals surface area contributed by atoms with Gasteiger partial charge in [0.25, 0.3) is 0 Å². The van der Waals surface area contributed by atoms with E-state index in [4.69, 9.17) is 20.2 Å². The van der Waals surface area contributed by atoms with Gasteiger partial charge >= 0.3 is 0 Å². The SMILES string of the molecule is COc1ccc(-c2cc(-c3ccc(C)cc3)nc3sc(C(=O)c4ccc(C)cc4)c(N)c23)cc1OC. The van der Waals surface area contributed by atoms with E-state index in [0.717, 1.165) is 33.3 Å². The molecule has 5 rings (SSSR count). The van der Waals surface area contributed by atoms with Gasteiger partial charge in [-0.3, -0.25) is 4.79 Å². The molecule has 0 saturated carbocycles. The Labute approximate surface area is 214 Å². The van der Waals surface area contributed by atoms with E-state index < -0.39 is 0 Å². The topological polar surface area (TPSA) is 74.4 Å². The van der Waals surface area contributed by atoms with E-state index in [-0.39, 0.29) is 5.78 Å². The van der Waals surface area contributed by atoms with Crippen molar-refractivity contribution in [2.45, 2.75) is 13.8 Å². The summed E-state index contributed by atoms with van der Waals surface area (Å²) in [5, 5.41) is 0.763. The van der Waals surface area contributed by atoms with Crippen molar-refractivity contribution in [3.8, 4) is 33.9 Å². The Bertz CT molecular complexity index is 1590. The van der Waals surface area contributed by atoms with Gasteiger partial charge in [0.2, 0.25) is 5.78 Å². The molecule has 0 atom stereocenters. The Morgan fingerprint density at radius 2 is 1.42 bits per heavy atom. The number of nitrogen functional groups attached to an aromatic ring is 1. The van der Waals surface area contributed by atoms with Crippen molar-refractivity contribution in [2.75, 3.05) is 20.0 Å². The Hall–Kier alpha value is -4.16. The smallest absolute Gasteiger partial charge is 0.205 e. The van der Waals surface area contributed by atoms with Crippen LogP contribution in [0.25, 0.3) is 32.6 Å².